The van der Waals surface area contributed by atoms with Gasteiger partial charge in [-0.05, 0) is 25.0 Å². The van der Waals surface area contributed by atoms with E-state index in [0.717, 1.165) is 24.3 Å². The number of non-ortho nitro benzene ring substituents is 1. The van der Waals surface area contributed by atoms with Crippen molar-refractivity contribution in [3.63, 3.8) is 0 Å². The lowest BCUT2D eigenvalue weighted by Crippen LogP contribution is -2.34. The third kappa shape index (κ3) is 3.62. The number of anilines is 1. The number of benzene rings is 1. The minimum atomic E-state index is -0.473. The Bertz CT molecular complexity index is 769. The number of likely N-dealkylation sites (tertiary alicyclic amines) is 1. The van der Waals surface area contributed by atoms with Gasteiger partial charge in [-0.1, -0.05) is 19.0 Å². The second kappa shape index (κ2) is 6.92. The predicted octanol–water partition coefficient (Wildman–Crippen LogP) is 4.08. The molecule has 2 amide bonds. The Morgan fingerprint density at radius 2 is 2.12 bits per heavy atom. The first-order valence-electron chi connectivity index (χ1n) is 8.24. The molecule has 1 aliphatic rings. The van der Waals surface area contributed by atoms with Crippen molar-refractivity contribution < 1.29 is 14.2 Å². The smallest absolute Gasteiger partial charge is 0.322 e. The fraction of sp³-hybridized carbons (Fsp3) is 0.412. The fourth-order valence-corrected chi connectivity index (χ4v) is 2.91. The van der Waals surface area contributed by atoms with Crippen molar-refractivity contribution >= 4 is 17.4 Å². The molecule has 1 aromatic carbocycles. The molecule has 1 fully saturated rings. The first-order valence-corrected chi connectivity index (χ1v) is 8.24. The van der Waals surface area contributed by atoms with Crippen LogP contribution in [0.1, 0.15) is 50.1 Å². The molecule has 0 aliphatic carbocycles. The van der Waals surface area contributed by atoms with Crippen LogP contribution >= 0.6 is 0 Å². The summed E-state index contributed by atoms with van der Waals surface area (Å²) in [6.45, 7) is 4.68. The van der Waals surface area contributed by atoms with Crippen LogP contribution < -0.4 is 5.32 Å². The standard InChI is InChI=1S/C17H20N4O4/c1-11(2)16-10-14(19-25-16)15-4-3-9-20(15)17(22)18-12-5-7-13(8-6-12)21(23)24/h5-8,10-11,15H,3-4,9H2,1-2H3,(H,18,22)/t15-/m1/s1. The summed E-state index contributed by atoms with van der Waals surface area (Å²) in [6.07, 6.45) is 1.72. The number of nitrogens with one attached hydrogen (secondary N) is 1. The van der Waals surface area contributed by atoms with Crippen LogP contribution in [0.5, 0.6) is 0 Å². The van der Waals surface area contributed by atoms with E-state index in [2.05, 4.69) is 10.5 Å². The van der Waals surface area contributed by atoms with Crippen LogP contribution in [-0.4, -0.2) is 27.6 Å². The van der Waals surface area contributed by atoms with Crippen LogP contribution in [-0.2, 0) is 0 Å². The third-order valence-electron chi connectivity index (χ3n) is 4.30. The Balaban J connectivity index is 1.70. The molecule has 1 atom stereocenters. The first-order chi connectivity index (χ1) is 12.0. The number of hydrogen-bond donors (Lipinski definition) is 1. The van der Waals surface area contributed by atoms with Crippen LogP contribution in [0, 0.1) is 10.1 Å². The monoisotopic (exact) mass is 344 g/mol. The maximum Gasteiger partial charge on any atom is 0.322 e. The average molecular weight is 344 g/mol. The van der Waals surface area contributed by atoms with Crippen molar-refractivity contribution in [3.05, 3.63) is 51.9 Å². The molecule has 8 heteroatoms. The summed E-state index contributed by atoms with van der Waals surface area (Å²) in [5.41, 5.74) is 1.27. The molecule has 0 unspecified atom stereocenters. The van der Waals surface area contributed by atoms with Crippen molar-refractivity contribution in [2.45, 2.75) is 38.6 Å². The fourth-order valence-electron chi connectivity index (χ4n) is 2.91. The lowest BCUT2D eigenvalue weighted by atomic mass is 10.1. The Hall–Kier alpha value is -2.90. The van der Waals surface area contributed by atoms with Crippen LogP contribution in [0.15, 0.2) is 34.9 Å². The quantitative estimate of drug-likeness (QED) is 0.665. The molecular formula is C17H20N4O4. The van der Waals surface area contributed by atoms with Gasteiger partial charge in [0.2, 0.25) is 0 Å². The maximum absolute atomic E-state index is 12.6. The minimum absolute atomic E-state index is 0.0131. The Kier molecular flexibility index (Phi) is 4.69. The topological polar surface area (TPSA) is 102 Å². The number of amides is 2. The van der Waals surface area contributed by atoms with Gasteiger partial charge in [0.15, 0.2) is 0 Å². The molecule has 132 valence electrons. The molecule has 25 heavy (non-hydrogen) atoms. The van der Waals surface area contributed by atoms with Gasteiger partial charge in [0, 0.05) is 36.3 Å². The number of nitro groups is 1. The van der Waals surface area contributed by atoms with E-state index in [-0.39, 0.29) is 23.7 Å². The van der Waals surface area contributed by atoms with Gasteiger partial charge in [-0.25, -0.2) is 4.79 Å². The number of carbonyl (C=O) groups is 1. The molecule has 2 aromatic rings. The Labute approximate surface area is 144 Å². The van der Waals surface area contributed by atoms with E-state index in [9.17, 15) is 14.9 Å². The SMILES string of the molecule is CC(C)c1cc([C@H]2CCCN2C(=O)Nc2ccc([N+](=O)[O-])cc2)no1. The molecule has 0 saturated carbocycles. The van der Waals surface area contributed by atoms with Gasteiger partial charge >= 0.3 is 6.03 Å². The lowest BCUT2D eigenvalue weighted by molar-refractivity contribution is -0.384. The second-order valence-corrected chi connectivity index (χ2v) is 6.39. The molecule has 2 heterocycles. The normalized spacial score (nSPS) is 17.1. The molecule has 0 spiro atoms. The number of aromatic nitrogens is 1. The van der Waals surface area contributed by atoms with E-state index in [4.69, 9.17) is 4.52 Å². The zero-order chi connectivity index (χ0) is 18.0. The lowest BCUT2D eigenvalue weighted by Gasteiger charge is -2.23. The van der Waals surface area contributed by atoms with E-state index in [0.29, 0.717) is 12.2 Å². The molecule has 1 N–H and O–H groups in total. The summed E-state index contributed by atoms with van der Waals surface area (Å²) in [5.74, 6) is 1.04. The first kappa shape index (κ1) is 16.9. The third-order valence-corrected chi connectivity index (χ3v) is 4.30. The summed E-state index contributed by atoms with van der Waals surface area (Å²) < 4.78 is 5.35. The summed E-state index contributed by atoms with van der Waals surface area (Å²) in [6, 6.07) is 7.32. The van der Waals surface area contributed by atoms with Gasteiger partial charge < -0.3 is 14.7 Å². The van der Waals surface area contributed by atoms with Gasteiger partial charge in [0.1, 0.15) is 11.5 Å². The molecule has 1 aromatic heterocycles. The van der Waals surface area contributed by atoms with Crippen molar-refractivity contribution in [1.82, 2.24) is 10.1 Å². The largest absolute Gasteiger partial charge is 0.361 e. The van der Waals surface area contributed by atoms with Crippen molar-refractivity contribution in [1.29, 1.82) is 0 Å². The summed E-state index contributed by atoms with van der Waals surface area (Å²) >= 11 is 0. The summed E-state index contributed by atoms with van der Waals surface area (Å²) in [5, 5.41) is 17.6. The molecule has 0 bridgehead atoms. The maximum atomic E-state index is 12.6. The van der Waals surface area contributed by atoms with Gasteiger partial charge in [-0.2, -0.15) is 0 Å². The Morgan fingerprint density at radius 3 is 2.72 bits per heavy atom. The van der Waals surface area contributed by atoms with Crippen LogP contribution in [0.25, 0.3) is 0 Å². The van der Waals surface area contributed by atoms with Crippen molar-refractivity contribution in [3.8, 4) is 0 Å². The van der Waals surface area contributed by atoms with Crippen LogP contribution in [0.4, 0.5) is 16.2 Å². The minimum Gasteiger partial charge on any atom is -0.361 e. The molecule has 8 nitrogen and oxygen atoms in total. The van der Waals surface area contributed by atoms with Gasteiger partial charge in [-0.3, -0.25) is 10.1 Å². The summed E-state index contributed by atoms with van der Waals surface area (Å²) in [7, 11) is 0. The zero-order valence-corrected chi connectivity index (χ0v) is 14.1. The number of urea groups is 1. The van der Waals surface area contributed by atoms with Gasteiger partial charge in [0.05, 0.1) is 11.0 Å². The molecule has 1 saturated heterocycles. The highest BCUT2D eigenvalue weighted by Gasteiger charge is 2.32. The van der Waals surface area contributed by atoms with Crippen LogP contribution in [0.2, 0.25) is 0 Å². The number of rotatable bonds is 4. The molecule has 0 radical (unpaired) electrons. The highest BCUT2D eigenvalue weighted by atomic mass is 16.6. The number of nitro benzene ring substituents is 1. The zero-order valence-electron chi connectivity index (χ0n) is 14.1. The van der Waals surface area contributed by atoms with Gasteiger partial charge in [-0.15, -0.1) is 0 Å². The van der Waals surface area contributed by atoms with Crippen molar-refractivity contribution in [2.24, 2.45) is 0 Å². The predicted molar refractivity (Wildman–Crippen MR) is 91.4 cm³/mol. The van der Waals surface area contributed by atoms with E-state index in [1.165, 1.54) is 24.3 Å². The molecule has 3 rings (SSSR count). The number of nitrogens with zero attached hydrogens (tertiary/aromatic N) is 3. The number of hydrogen-bond acceptors (Lipinski definition) is 5. The van der Waals surface area contributed by atoms with Crippen LogP contribution in [0.3, 0.4) is 0 Å². The van der Waals surface area contributed by atoms with E-state index in [1.54, 1.807) is 4.90 Å². The van der Waals surface area contributed by atoms with E-state index in [1.807, 2.05) is 19.9 Å². The van der Waals surface area contributed by atoms with Gasteiger partial charge in [0.25, 0.3) is 5.69 Å². The highest BCUT2D eigenvalue weighted by Crippen LogP contribution is 2.33. The van der Waals surface area contributed by atoms with E-state index < -0.39 is 4.92 Å². The molecular weight excluding hydrogens is 324 g/mol. The molecule has 1 aliphatic heterocycles. The van der Waals surface area contributed by atoms with Crippen molar-refractivity contribution in [2.75, 3.05) is 11.9 Å². The highest BCUT2D eigenvalue weighted by molar-refractivity contribution is 5.89. The Morgan fingerprint density at radius 1 is 1.40 bits per heavy atom. The average Bonchev–Trinajstić information content (AvgIpc) is 3.24. The number of carbonyl (C=O) groups excluding carboxylic acids is 1. The van der Waals surface area contributed by atoms with E-state index >= 15 is 0 Å². The second-order valence-electron chi connectivity index (χ2n) is 6.39. The summed E-state index contributed by atoms with van der Waals surface area (Å²) in [4.78, 5) is 24.5.